The van der Waals surface area contributed by atoms with Crippen molar-refractivity contribution in [3.63, 3.8) is 0 Å². The Bertz CT molecular complexity index is 1460. The van der Waals surface area contributed by atoms with Crippen molar-refractivity contribution in [3.8, 4) is 0 Å². The van der Waals surface area contributed by atoms with Gasteiger partial charge >= 0.3 is 19.8 Å². The minimum atomic E-state index is -4.39. The molecule has 0 aliphatic heterocycles. The van der Waals surface area contributed by atoms with Crippen molar-refractivity contribution in [3.05, 3.63) is 48.6 Å². The molecule has 0 bridgehead atoms. The summed E-state index contributed by atoms with van der Waals surface area (Å²) in [5, 5.41) is 0. The van der Waals surface area contributed by atoms with Gasteiger partial charge in [0.1, 0.15) is 19.8 Å². The number of likely N-dealkylation sites (N-methyl/N-ethyl adjacent to an activating group) is 1. The van der Waals surface area contributed by atoms with Crippen LogP contribution in [0, 0.1) is 0 Å². The van der Waals surface area contributed by atoms with Crippen LogP contribution in [-0.4, -0.2) is 74.9 Å². The van der Waals surface area contributed by atoms with Crippen molar-refractivity contribution in [1.82, 2.24) is 0 Å². The molecule has 78 heavy (non-hydrogen) atoms. The maximum atomic E-state index is 12.9. The number of phosphoric acid groups is 1. The number of esters is 2. The summed E-state index contributed by atoms with van der Waals surface area (Å²) in [6.45, 7) is 4.38. The van der Waals surface area contributed by atoms with Crippen LogP contribution in [0.4, 0.5) is 0 Å². The third-order valence-corrected chi connectivity index (χ3v) is 15.9. The summed E-state index contributed by atoms with van der Waals surface area (Å²) in [5.74, 6) is -0.784. The Hall–Kier alpha value is -2.03. The normalized spacial score (nSPS) is 13.5. The summed E-state index contributed by atoms with van der Waals surface area (Å²) in [6.07, 6.45) is 76.4. The van der Waals surface area contributed by atoms with Crippen LogP contribution in [0.25, 0.3) is 0 Å². The first-order valence-electron chi connectivity index (χ1n) is 33.4. The second kappa shape index (κ2) is 59.6. The zero-order valence-corrected chi connectivity index (χ0v) is 53.1. The molecule has 0 saturated heterocycles. The van der Waals surface area contributed by atoms with E-state index in [2.05, 4.69) is 62.5 Å². The van der Waals surface area contributed by atoms with Crippen molar-refractivity contribution in [2.75, 3.05) is 47.5 Å². The molecule has 10 heteroatoms. The number of allylic oxidation sites excluding steroid dienone is 8. The Balaban J connectivity index is 4.03. The molecule has 0 aromatic rings. The number of rotatable bonds is 62. The lowest BCUT2D eigenvalue weighted by molar-refractivity contribution is -0.870. The Labute approximate surface area is 484 Å². The smallest absolute Gasteiger partial charge is 0.462 e. The maximum Gasteiger partial charge on any atom is 0.472 e. The first kappa shape index (κ1) is 76.0. The van der Waals surface area contributed by atoms with E-state index in [1.807, 2.05) is 21.1 Å². The van der Waals surface area contributed by atoms with Crippen molar-refractivity contribution in [2.45, 2.75) is 328 Å². The largest absolute Gasteiger partial charge is 0.472 e. The molecule has 0 spiro atoms. The van der Waals surface area contributed by atoms with E-state index in [0.29, 0.717) is 23.9 Å². The molecule has 0 rings (SSSR count). The summed E-state index contributed by atoms with van der Waals surface area (Å²) in [6, 6.07) is 0. The van der Waals surface area contributed by atoms with Crippen LogP contribution in [0.1, 0.15) is 322 Å². The van der Waals surface area contributed by atoms with Gasteiger partial charge in [-0.05, 0) is 51.4 Å². The number of phosphoric ester groups is 1. The van der Waals surface area contributed by atoms with E-state index in [1.165, 1.54) is 225 Å². The number of hydrogen-bond donors (Lipinski definition) is 1. The summed E-state index contributed by atoms with van der Waals surface area (Å²) in [7, 11) is 1.49. The van der Waals surface area contributed by atoms with E-state index in [0.717, 1.165) is 64.2 Å². The molecule has 0 radical (unpaired) electrons. The predicted octanol–water partition coefficient (Wildman–Crippen LogP) is 21.3. The SMILES string of the molecule is CC/C=C\C/C=C\C/C=C\C/C=C\CCCCCCCCCCCCCCC(=O)OC(COC(=O)CCCCCCCCCCCCCCCCCCCCCCCCCCCCCCC)COP(=O)(O)OCC[N+](C)(C)C. The van der Waals surface area contributed by atoms with E-state index in [-0.39, 0.29) is 25.6 Å². The van der Waals surface area contributed by atoms with Crippen molar-refractivity contribution >= 4 is 19.8 Å². The molecule has 2 atom stereocenters. The van der Waals surface area contributed by atoms with Crippen LogP contribution >= 0.6 is 7.82 Å². The molecule has 0 aliphatic carbocycles. The van der Waals surface area contributed by atoms with E-state index in [9.17, 15) is 19.0 Å². The Morgan fingerprint density at radius 3 is 1.09 bits per heavy atom. The van der Waals surface area contributed by atoms with Gasteiger partial charge in [0.25, 0.3) is 0 Å². The summed E-state index contributed by atoms with van der Waals surface area (Å²) in [5.41, 5.74) is 0. The lowest BCUT2D eigenvalue weighted by Crippen LogP contribution is -2.37. The van der Waals surface area contributed by atoms with Crippen LogP contribution < -0.4 is 0 Å². The summed E-state index contributed by atoms with van der Waals surface area (Å²) < 4.78 is 34.7. The van der Waals surface area contributed by atoms with E-state index in [1.54, 1.807) is 0 Å². The number of quaternary nitrogens is 1. The quantitative estimate of drug-likeness (QED) is 0.0211. The van der Waals surface area contributed by atoms with Crippen LogP contribution in [0.3, 0.4) is 0 Å². The fraction of sp³-hybridized carbons (Fsp3) is 0.853. The minimum Gasteiger partial charge on any atom is -0.462 e. The number of carbonyl (C=O) groups excluding carboxylic acids is 2. The lowest BCUT2D eigenvalue weighted by Gasteiger charge is -2.24. The van der Waals surface area contributed by atoms with Crippen LogP contribution in [0.2, 0.25) is 0 Å². The van der Waals surface area contributed by atoms with E-state index in [4.69, 9.17) is 18.5 Å². The molecule has 0 saturated carbocycles. The van der Waals surface area contributed by atoms with Gasteiger partial charge in [-0.15, -0.1) is 0 Å². The average Bonchev–Trinajstić information content (AvgIpc) is 3.40. The van der Waals surface area contributed by atoms with E-state index >= 15 is 0 Å². The van der Waals surface area contributed by atoms with Gasteiger partial charge in [0.05, 0.1) is 27.7 Å². The predicted molar refractivity (Wildman–Crippen MR) is 335 cm³/mol. The zero-order valence-electron chi connectivity index (χ0n) is 52.2. The monoisotopic (exact) mass is 1120 g/mol. The lowest BCUT2D eigenvalue weighted by atomic mass is 10.0. The van der Waals surface area contributed by atoms with Crippen molar-refractivity contribution in [2.24, 2.45) is 0 Å². The van der Waals surface area contributed by atoms with Gasteiger partial charge in [0.2, 0.25) is 0 Å². The van der Waals surface area contributed by atoms with Crippen molar-refractivity contribution in [1.29, 1.82) is 0 Å². The molecule has 0 aromatic heterocycles. The highest BCUT2D eigenvalue weighted by Crippen LogP contribution is 2.43. The average molecular weight is 1120 g/mol. The van der Waals surface area contributed by atoms with Gasteiger partial charge in [-0.3, -0.25) is 18.6 Å². The number of ether oxygens (including phenoxy) is 2. The molecule has 0 aromatic carbocycles. The minimum absolute atomic E-state index is 0.0324. The van der Waals surface area contributed by atoms with Gasteiger partial charge in [0, 0.05) is 12.8 Å². The standard InChI is InChI=1S/C68H128NO8P/c1-6-8-10-12-14-16-18-20-22-24-26-28-30-32-33-34-35-37-38-40-42-44-46-48-50-52-54-56-58-60-67(70)74-64-66(65-76-78(72,73)75-63-62-69(3,4)5)77-68(71)61-59-57-55-53-51-49-47-45-43-41-39-36-31-29-27-25-23-21-19-17-15-13-11-9-7-2/h9,11,15,17,21,23,27,29,66H,6-8,10,12-14,16,18-20,22,24-26,28,30-65H2,1-5H3/p+1/b11-9-,17-15-,23-21-,29-27-. The molecular weight excluding hydrogens is 990 g/mol. The third-order valence-electron chi connectivity index (χ3n) is 14.9. The zero-order chi connectivity index (χ0) is 57.0. The molecule has 458 valence electrons. The first-order chi connectivity index (χ1) is 38.0. The molecule has 9 nitrogen and oxygen atoms in total. The molecule has 0 aliphatic rings. The van der Waals surface area contributed by atoms with Gasteiger partial charge < -0.3 is 18.9 Å². The number of carbonyl (C=O) groups is 2. The Morgan fingerprint density at radius 1 is 0.410 bits per heavy atom. The fourth-order valence-electron chi connectivity index (χ4n) is 9.78. The second-order valence-corrected chi connectivity index (χ2v) is 25.3. The highest BCUT2D eigenvalue weighted by molar-refractivity contribution is 7.47. The molecule has 1 N–H and O–H groups in total. The highest BCUT2D eigenvalue weighted by Gasteiger charge is 2.27. The van der Waals surface area contributed by atoms with Gasteiger partial charge in [-0.1, -0.05) is 306 Å². The molecule has 2 unspecified atom stereocenters. The van der Waals surface area contributed by atoms with Crippen LogP contribution in [0.5, 0.6) is 0 Å². The van der Waals surface area contributed by atoms with Crippen LogP contribution in [0.15, 0.2) is 48.6 Å². The van der Waals surface area contributed by atoms with Gasteiger partial charge in [0.15, 0.2) is 6.10 Å². The Morgan fingerprint density at radius 2 is 0.731 bits per heavy atom. The van der Waals surface area contributed by atoms with Crippen molar-refractivity contribution < 1.29 is 42.1 Å². The molecule has 0 fully saturated rings. The number of hydrogen-bond acceptors (Lipinski definition) is 7. The second-order valence-electron chi connectivity index (χ2n) is 23.8. The fourth-order valence-corrected chi connectivity index (χ4v) is 10.5. The molecular formula is C68H129NO8P+. The number of nitrogens with zero attached hydrogens (tertiary/aromatic N) is 1. The summed E-state index contributed by atoms with van der Waals surface area (Å²) >= 11 is 0. The topological polar surface area (TPSA) is 108 Å². The molecule has 0 amide bonds. The maximum absolute atomic E-state index is 12.9. The number of unbranched alkanes of at least 4 members (excludes halogenated alkanes) is 40. The Kier molecular flexibility index (Phi) is 58.0. The van der Waals surface area contributed by atoms with Gasteiger partial charge in [-0.2, -0.15) is 0 Å². The van der Waals surface area contributed by atoms with Gasteiger partial charge in [-0.25, -0.2) is 4.57 Å². The highest BCUT2D eigenvalue weighted by atomic mass is 31.2. The third kappa shape index (κ3) is 63.2. The molecule has 0 heterocycles. The first-order valence-corrected chi connectivity index (χ1v) is 34.9. The van der Waals surface area contributed by atoms with E-state index < -0.39 is 26.5 Å². The summed E-state index contributed by atoms with van der Waals surface area (Å²) in [4.78, 5) is 35.8. The van der Waals surface area contributed by atoms with Crippen LogP contribution in [-0.2, 0) is 32.7 Å².